The van der Waals surface area contributed by atoms with Gasteiger partial charge in [-0.15, -0.1) is 0 Å². The van der Waals surface area contributed by atoms with Crippen LogP contribution in [-0.4, -0.2) is 29.7 Å². The fraction of sp³-hybridized carbons (Fsp3) is 0.0870. The van der Waals surface area contributed by atoms with Crippen LogP contribution in [0.1, 0.15) is 22.6 Å². The monoisotopic (exact) mass is 387 g/mol. The van der Waals surface area contributed by atoms with Crippen LogP contribution in [0, 0.1) is 0 Å². The average molecular weight is 387 g/mol. The van der Waals surface area contributed by atoms with E-state index in [9.17, 15) is 14.7 Å². The molecule has 0 aliphatic heterocycles. The lowest BCUT2D eigenvalue weighted by Crippen LogP contribution is -2.37. The molecule has 6 nitrogen and oxygen atoms in total. The number of hydrogen-bond acceptors (Lipinski definition) is 4. The van der Waals surface area contributed by atoms with Gasteiger partial charge in [0.25, 0.3) is 5.91 Å². The third-order valence-electron chi connectivity index (χ3n) is 4.25. The molecule has 0 heterocycles. The van der Waals surface area contributed by atoms with Crippen LogP contribution in [0.15, 0.2) is 90.0 Å². The van der Waals surface area contributed by atoms with Gasteiger partial charge in [-0.2, -0.15) is 5.10 Å². The molecule has 3 aromatic carbocycles. The van der Waals surface area contributed by atoms with Crippen LogP contribution in [0.4, 0.5) is 0 Å². The predicted molar refractivity (Wildman–Crippen MR) is 112 cm³/mol. The van der Waals surface area contributed by atoms with Crippen molar-refractivity contribution in [2.75, 3.05) is 6.54 Å². The standard InChI is InChI=1S/C23H21N3O3/c27-20-13-11-17(12-14-20)15-25-26-21(28)16-24-23(29)22(18-7-3-1-4-8-18)19-9-5-2-6-10-19/h1-15,22,27H,16H2,(H,24,29)(H,26,28)/b25-15+. The molecule has 0 fully saturated rings. The highest BCUT2D eigenvalue weighted by Crippen LogP contribution is 2.24. The Balaban J connectivity index is 1.60. The third-order valence-corrected chi connectivity index (χ3v) is 4.25. The lowest BCUT2D eigenvalue weighted by atomic mass is 9.90. The van der Waals surface area contributed by atoms with E-state index >= 15 is 0 Å². The van der Waals surface area contributed by atoms with E-state index in [0.717, 1.165) is 16.7 Å². The Morgan fingerprint density at radius 1 is 0.862 bits per heavy atom. The molecule has 0 unspecified atom stereocenters. The van der Waals surface area contributed by atoms with Crippen molar-refractivity contribution >= 4 is 18.0 Å². The number of hydrogen-bond donors (Lipinski definition) is 3. The number of hydrazone groups is 1. The van der Waals surface area contributed by atoms with E-state index in [1.807, 2.05) is 60.7 Å². The van der Waals surface area contributed by atoms with E-state index in [2.05, 4.69) is 15.8 Å². The smallest absolute Gasteiger partial charge is 0.259 e. The Hall–Kier alpha value is -3.93. The fourth-order valence-corrected chi connectivity index (χ4v) is 2.83. The summed E-state index contributed by atoms with van der Waals surface area (Å²) in [6, 6.07) is 25.2. The summed E-state index contributed by atoms with van der Waals surface area (Å²) in [6.07, 6.45) is 1.45. The molecule has 0 saturated heterocycles. The third kappa shape index (κ3) is 5.77. The molecule has 0 aromatic heterocycles. The molecule has 2 amide bonds. The van der Waals surface area contributed by atoms with Crippen LogP contribution in [0.2, 0.25) is 0 Å². The van der Waals surface area contributed by atoms with Gasteiger partial charge in [0.15, 0.2) is 0 Å². The molecule has 0 atom stereocenters. The molecule has 0 bridgehead atoms. The first-order valence-corrected chi connectivity index (χ1v) is 9.12. The first-order valence-electron chi connectivity index (χ1n) is 9.12. The lowest BCUT2D eigenvalue weighted by molar-refractivity contribution is -0.126. The van der Waals surface area contributed by atoms with E-state index in [4.69, 9.17) is 0 Å². The number of amides is 2. The van der Waals surface area contributed by atoms with Crippen molar-refractivity contribution < 1.29 is 14.7 Å². The molecule has 6 heteroatoms. The van der Waals surface area contributed by atoms with Crippen LogP contribution >= 0.6 is 0 Å². The summed E-state index contributed by atoms with van der Waals surface area (Å²) >= 11 is 0. The van der Waals surface area contributed by atoms with Crippen molar-refractivity contribution in [1.82, 2.24) is 10.7 Å². The van der Waals surface area contributed by atoms with Crippen LogP contribution in [0.5, 0.6) is 5.75 Å². The topological polar surface area (TPSA) is 90.8 Å². The van der Waals surface area contributed by atoms with Gasteiger partial charge in [0.05, 0.1) is 18.7 Å². The quantitative estimate of drug-likeness (QED) is 0.430. The van der Waals surface area contributed by atoms with Crippen molar-refractivity contribution in [2.45, 2.75) is 5.92 Å². The van der Waals surface area contributed by atoms with E-state index < -0.39 is 11.8 Å². The van der Waals surface area contributed by atoms with Gasteiger partial charge in [0.2, 0.25) is 5.91 Å². The molecule has 3 N–H and O–H groups in total. The van der Waals surface area contributed by atoms with Crippen LogP contribution in [0.3, 0.4) is 0 Å². The van der Waals surface area contributed by atoms with Gasteiger partial charge >= 0.3 is 0 Å². The van der Waals surface area contributed by atoms with Crippen molar-refractivity contribution in [1.29, 1.82) is 0 Å². The number of nitrogens with zero attached hydrogens (tertiary/aromatic N) is 1. The number of carbonyl (C=O) groups excluding carboxylic acids is 2. The fourth-order valence-electron chi connectivity index (χ4n) is 2.83. The maximum absolute atomic E-state index is 12.8. The zero-order valence-electron chi connectivity index (χ0n) is 15.7. The summed E-state index contributed by atoms with van der Waals surface area (Å²) in [5, 5.41) is 15.8. The number of phenolic OH excluding ortho intramolecular Hbond substituents is 1. The number of phenols is 1. The molecule has 0 radical (unpaired) electrons. The molecule has 0 spiro atoms. The summed E-state index contributed by atoms with van der Waals surface area (Å²) in [6.45, 7) is -0.193. The number of aromatic hydroxyl groups is 1. The molecule has 29 heavy (non-hydrogen) atoms. The maximum atomic E-state index is 12.8. The highest BCUT2D eigenvalue weighted by Gasteiger charge is 2.22. The first-order chi connectivity index (χ1) is 14.1. The number of carbonyl (C=O) groups is 2. The van der Waals surface area contributed by atoms with E-state index in [-0.39, 0.29) is 18.2 Å². The zero-order valence-corrected chi connectivity index (χ0v) is 15.7. The largest absolute Gasteiger partial charge is 0.508 e. The summed E-state index contributed by atoms with van der Waals surface area (Å²) < 4.78 is 0. The second-order valence-electron chi connectivity index (χ2n) is 6.36. The predicted octanol–water partition coefficient (Wildman–Crippen LogP) is 2.79. The van der Waals surface area contributed by atoms with E-state index in [0.29, 0.717) is 0 Å². The van der Waals surface area contributed by atoms with Crippen molar-refractivity contribution in [3.8, 4) is 5.75 Å². The average Bonchev–Trinajstić information content (AvgIpc) is 2.75. The van der Waals surface area contributed by atoms with E-state index in [1.165, 1.54) is 18.3 Å². The summed E-state index contributed by atoms with van der Waals surface area (Å²) in [5.41, 5.74) is 4.79. The minimum absolute atomic E-state index is 0.153. The first kappa shape index (κ1) is 19.8. The second kappa shape index (κ2) is 9.85. The summed E-state index contributed by atoms with van der Waals surface area (Å²) in [7, 11) is 0. The van der Waals surface area contributed by atoms with Crippen LogP contribution in [-0.2, 0) is 9.59 Å². The number of benzene rings is 3. The van der Waals surface area contributed by atoms with Gasteiger partial charge in [0, 0.05) is 0 Å². The molecule has 3 rings (SSSR count). The Kier molecular flexibility index (Phi) is 6.73. The van der Waals surface area contributed by atoms with Crippen molar-refractivity contribution in [2.24, 2.45) is 5.10 Å². The SMILES string of the molecule is O=C(CNC(=O)C(c1ccccc1)c1ccccc1)N/N=C/c1ccc(O)cc1. The maximum Gasteiger partial charge on any atom is 0.259 e. The molecule has 0 aliphatic carbocycles. The Morgan fingerprint density at radius 3 is 1.97 bits per heavy atom. The Labute approximate surface area is 168 Å². The lowest BCUT2D eigenvalue weighted by Gasteiger charge is -2.17. The minimum atomic E-state index is -0.509. The minimum Gasteiger partial charge on any atom is -0.508 e. The molecule has 0 saturated carbocycles. The number of nitrogens with one attached hydrogen (secondary N) is 2. The van der Waals surface area contributed by atoms with Gasteiger partial charge in [-0.3, -0.25) is 9.59 Å². The van der Waals surface area contributed by atoms with Gasteiger partial charge in [-0.25, -0.2) is 5.43 Å². The summed E-state index contributed by atoms with van der Waals surface area (Å²) in [5.74, 6) is -1.06. The van der Waals surface area contributed by atoms with Gasteiger partial charge in [0.1, 0.15) is 5.75 Å². The molecular formula is C23H21N3O3. The molecule has 3 aromatic rings. The van der Waals surface area contributed by atoms with Crippen LogP contribution in [0.25, 0.3) is 0 Å². The molecular weight excluding hydrogens is 366 g/mol. The molecule has 146 valence electrons. The van der Waals surface area contributed by atoms with E-state index in [1.54, 1.807) is 12.1 Å². The van der Waals surface area contributed by atoms with Gasteiger partial charge < -0.3 is 10.4 Å². The van der Waals surface area contributed by atoms with Gasteiger partial charge in [-0.1, -0.05) is 60.7 Å². The number of rotatable bonds is 7. The zero-order chi connectivity index (χ0) is 20.5. The normalized spacial score (nSPS) is 10.8. The highest BCUT2D eigenvalue weighted by molar-refractivity contribution is 5.91. The van der Waals surface area contributed by atoms with Crippen molar-refractivity contribution in [3.63, 3.8) is 0 Å². The van der Waals surface area contributed by atoms with Crippen LogP contribution < -0.4 is 10.7 Å². The van der Waals surface area contributed by atoms with Crippen molar-refractivity contribution in [3.05, 3.63) is 102 Å². The molecule has 0 aliphatic rings. The Morgan fingerprint density at radius 2 is 1.41 bits per heavy atom. The second-order valence-corrected chi connectivity index (χ2v) is 6.36. The summed E-state index contributed by atoms with van der Waals surface area (Å²) in [4.78, 5) is 24.8. The highest BCUT2D eigenvalue weighted by atomic mass is 16.3. The van der Waals surface area contributed by atoms with Gasteiger partial charge in [-0.05, 0) is 41.0 Å². The Bertz CT molecular complexity index is 932.